The normalized spacial score (nSPS) is 16.2. The third-order valence-corrected chi connectivity index (χ3v) is 5.52. The molecule has 0 atom stereocenters. The van der Waals surface area contributed by atoms with Gasteiger partial charge in [-0.1, -0.05) is 11.2 Å². The molecule has 4 rings (SSSR count). The SMILES string of the molecule is Cc1ccc(CN2CC(c3nc(-c4cccs4)no3)C2)s1. The molecule has 0 N–H and O–H groups in total. The van der Waals surface area contributed by atoms with Gasteiger partial charge in [-0.05, 0) is 30.5 Å². The summed E-state index contributed by atoms with van der Waals surface area (Å²) in [6, 6.07) is 8.42. The van der Waals surface area contributed by atoms with Gasteiger partial charge in [0.25, 0.3) is 0 Å². The van der Waals surface area contributed by atoms with Gasteiger partial charge in [0.05, 0.1) is 10.8 Å². The lowest BCUT2D eigenvalue weighted by Gasteiger charge is -2.36. The van der Waals surface area contributed by atoms with Crippen LogP contribution in [0.2, 0.25) is 0 Å². The Labute approximate surface area is 131 Å². The Hall–Kier alpha value is -1.50. The van der Waals surface area contributed by atoms with E-state index in [1.54, 1.807) is 11.3 Å². The van der Waals surface area contributed by atoms with Crippen LogP contribution in [0.1, 0.15) is 21.6 Å². The Morgan fingerprint density at radius 3 is 2.95 bits per heavy atom. The molecule has 3 aromatic rings. The van der Waals surface area contributed by atoms with Crippen molar-refractivity contribution in [3.63, 3.8) is 0 Å². The topological polar surface area (TPSA) is 42.2 Å². The Morgan fingerprint density at radius 1 is 1.33 bits per heavy atom. The third kappa shape index (κ3) is 2.66. The molecule has 6 heteroatoms. The van der Waals surface area contributed by atoms with Crippen LogP contribution < -0.4 is 0 Å². The highest BCUT2D eigenvalue weighted by Gasteiger charge is 2.32. The number of hydrogen-bond acceptors (Lipinski definition) is 6. The summed E-state index contributed by atoms with van der Waals surface area (Å²) in [4.78, 5) is 10.8. The summed E-state index contributed by atoms with van der Waals surface area (Å²) < 4.78 is 5.42. The molecule has 1 saturated heterocycles. The van der Waals surface area contributed by atoms with Crippen LogP contribution in [0.3, 0.4) is 0 Å². The fourth-order valence-corrected chi connectivity index (χ4v) is 4.13. The van der Waals surface area contributed by atoms with Crippen LogP contribution in [0.15, 0.2) is 34.2 Å². The van der Waals surface area contributed by atoms with E-state index in [-0.39, 0.29) is 0 Å². The molecule has 0 unspecified atom stereocenters. The largest absolute Gasteiger partial charge is 0.339 e. The standard InChI is InChI=1S/C15H15N3OS2/c1-10-4-5-12(21-10)9-18-7-11(8-18)15-16-14(17-19-15)13-3-2-6-20-13/h2-6,11H,7-9H2,1H3. The second-order valence-electron chi connectivity index (χ2n) is 5.34. The van der Waals surface area contributed by atoms with Gasteiger partial charge in [-0.3, -0.25) is 4.90 Å². The molecule has 3 aromatic heterocycles. The summed E-state index contributed by atoms with van der Waals surface area (Å²) in [6.07, 6.45) is 0. The highest BCUT2D eigenvalue weighted by molar-refractivity contribution is 7.13. The maximum atomic E-state index is 5.42. The molecule has 0 spiro atoms. The molecule has 4 heterocycles. The summed E-state index contributed by atoms with van der Waals surface area (Å²) >= 11 is 3.51. The number of hydrogen-bond donors (Lipinski definition) is 0. The maximum Gasteiger partial charge on any atom is 0.232 e. The second kappa shape index (κ2) is 5.36. The van der Waals surface area contributed by atoms with Gasteiger partial charge in [-0.2, -0.15) is 4.98 Å². The number of thiophene rings is 2. The fourth-order valence-electron chi connectivity index (χ4n) is 2.55. The molecule has 0 radical (unpaired) electrons. The molecule has 0 aliphatic carbocycles. The molecule has 0 amide bonds. The minimum absolute atomic E-state index is 0.382. The van der Waals surface area contributed by atoms with Crippen molar-refractivity contribution < 1.29 is 4.52 Å². The maximum absolute atomic E-state index is 5.42. The van der Waals surface area contributed by atoms with Crippen LogP contribution in [0.5, 0.6) is 0 Å². The molecule has 0 bridgehead atoms. The van der Waals surface area contributed by atoms with Crippen molar-refractivity contribution in [2.45, 2.75) is 19.4 Å². The molecule has 1 fully saturated rings. The van der Waals surface area contributed by atoms with Crippen molar-refractivity contribution in [2.24, 2.45) is 0 Å². The van der Waals surface area contributed by atoms with Crippen LogP contribution in [-0.2, 0) is 6.54 Å². The quantitative estimate of drug-likeness (QED) is 0.734. The predicted molar refractivity (Wildman–Crippen MR) is 84.7 cm³/mol. The summed E-state index contributed by atoms with van der Waals surface area (Å²) in [6.45, 7) is 5.19. The Bertz CT molecular complexity index is 726. The minimum atomic E-state index is 0.382. The molecule has 108 valence electrons. The Morgan fingerprint density at radius 2 is 2.24 bits per heavy atom. The number of rotatable bonds is 4. The van der Waals surface area contributed by atoms with Gasteiger partial charge in [-0.15, -0.1) is 22.7 Å². The molecule has 1 aliphatic heterocycles. The average Bonchev–Trinajstić information content (AvgIpc) is 3.14. The molecular formula is C15H15N3OS2. The van der Waals surface area contributed by atoms with E-state index in [0.29, 0.717) is 11.7 Å². The van der Waals surface area contributed by atoms with Crippen molar-refractivity contribution in [1.82, 2.24) is 15.0 Å². The van der Waals surface area contributed by atoms with E-state index in [1.807, 2.05) is 28.8 Å². The lowest BCUT2D eigenvalue weighted by atomic mass is 10.0. The summed E-state index contributed by atoms with van der Waals surface area (Å²) in [7, 11) is 0. The van der Waals surface area contributed by atoms with E-state index < -0.39 is 0 Å². The summed E-state index contributed by atoms with van der Waals surface area (Å²) in [5.41, 5.74) is 0. The van der Waals surface area contributed by atoms with Crippen molar-refractivity contribution in [1.29, 1.82) is 0 Å². The van der Waals surface area contributed by atoms with Crippen LogP contribution in [-0.4, -0.2) is 28.1 Å². The van der Waals surface area contributed by atoms with Gasteiger partial charge >= 0.3 is 0 Å². The molecule has 1 aliphatic rings. The van der Waals surface area contributed by atoms with Gasteiger partial charge in [-0.25, -0.2) is 0 Å². The van der Waals surface area contributed by atoms with Gasteiger partial charge < -0.3 is 4.52 Å². The summed E-state index contributed by atoms with van der Waals surface area (Å²) in [5, 5.41) is 6.11. The van der Waals surface area contributed by atoms with Gasteiger partial charge in [0.2, 0.25) is 11.7 Å². The number of aryl methyl sites for hydroxylation is 1. The molecule has 0 saturated carbocycles. The van der Waals surface area contributed by atoms with Crippen LogP contribution in [0.25, 0.3) is 10.7 Å². The highest BCUT2D eigenvalue weighted by atomic mass is 32.1. The lowest BCUT2D eigenvalue weighted by Crippen LogP contribution is -2.44. The Kier molecular flexibility index (Phi) is 3.37. The fraction of sp³-hybridized carbons (Fsp3) is 0.333. The molecule has 21 heavy (non-hydrogen) atoms. The van der Waals surface area contributed by atoms with E-state index >= 15 is 0 Å². The van der Waals surface area contributed by atoms with E-state index in [9.17, 15) is 0 Å². The zero-order valence-corrected chi connectivity index (χ0v) is 13.3. The second-order valence-corrected chi connectivity index (χ2v) is 7.66. The predicted octanol–water partition coefficient (Wildman–Crippen LogP) is 3.77. The van der Waals surface area contributed by atoms with Gasteiger partial charge in [0, 0.05) is 29.4 Å². The van der Waals surface area contributed by atoms with Crippen molar-refractivity contribution in [2.75, 3.05) is 13.1 Å². The Balaban J connectivity index is 1.37. The first-order valence-electron chi connectivity index (χ1n) is 6.93. The molecular weight excluding hydrogens is 302 g/mol. The number of nitrogens with zero attached hydrogens (tertiary/aromatic N) is 3. The smallest absolute Gasteiger partial charge is 0.232 e. The zero-order valence-electron chi connectivity index (χ0n) is 11.7. The van der Waals surface area contributed by atoms with E-state index in [0.717, 1.165) is 30.4 Å². The van der Waals surface area contributed by atoms with E-state index in [2.05, 4.69) is 34.1 Å². The first kappa shape index (κ1) is 13.2. The minimum Gasteiger partial charge on any atom is -0.339 e. The van der Waals surface area contributed by atoms with E-state index in [4.69, 9.17) is 4.52 Å². The van der Waals surface area contributed by atoms with Crippen LogP contribution in [0.4, 0.5) is 0 Å². The van der Waals surface area contributed by atoms with Crippen molar-refractivity contribution in [3.8, 4) is 10.7 Å². The van der Waals surface area contributed by atoms with E-state index in [1.165, 1.54) is 9.75 Å². The van der Waals surface area contributed by atoms with Crippen LogP contribution in [0, 0.1) is 6.92 Å². The number of likely N-dealkylation sites (tertiary alicyclic amines) is 1. The highest BCUT2D eigenvalue weighted by Crippen LogP contribution is 2.30. The molecule has 0 aromatic carbocycles. The van der Waals surface area contributed by atoms with Crippen molar-refractivity contribution >= 4 is 22.7 Å². The van der Waals surface area contributed by atoms with Crippen LogP contribution >= 0.6 is 22.7 Å². The van der Waals surface area contributed by atoms with Crippen molar-refractivity contribution in [3.05, 3.63) is 45.3 Å². The average molecular weight is 317 g/mol. The molecule has 4 nitrogen and oxygen atoms in total. The first-order valence-corrected chi connectivity index (χ1v) is 8.63. The van der Waals surface area contributed by atoms with Gasteiger partial charge in [0.1, 0.15) is 0 Å². The first-order chi connectivity index (χ1) is 10.3. The lowest BCUT2D eigenvalue weighted by molar-refractivity contribution is 0.118. The van der Waals surface area contributed by atoms with Gasteiger partial charge in [0.15, 0.2) is 0 Å². The number of aromatic nitrogens is 2. The third-order valence-electron chi connectivity index (χ3n) is 3.67. The zero-order chi connectivity index (χ0) is 14.2. The monoisotopic (exact) mass is 317 g/mol. The summed E-state index contributed by atoms with van der Waals surface area (Å²) in [5.74, 6) is 1.87.